The molecule has 3 aliphatic rings. The minimum Gasteiger partial charge on any atom is -0.324 e. The van der Waals surface area contributed by atoms with Crippen LogP contribution in [0, 0.1) is 0 Å². The van der Waals surface area contributed by atoms with Crippen LogP contribution >= 0.6 is 0 Å². The summed E-state index contributed by atoms with van der Waals surface area (Å²) in [5.74, 6) is 0.0881. The lowest BCUT2D eigenvalue weighted by molar-refractivity contribution is -0.125. The monoisotopic (exact) mass is 353 g/mol. The summed E-state index contributed by atoms with van der Waals surface area (Å²) in [5, 5.41) is 6.08. The Morgan fingerprint density at radius 2 is 1.69 bits per heavy atom. The van der Waals surface area contributed by atoms with Crippen LogP contribution in [-0.2, 0) is 9.59 Å². The Labute approximate surface area is 154 Å². The highest BCUT2D eigenvalue weighted by atomic mass is 16.2. The lowest BCUT2D eigenvalue weighted by atomic mass is 9.93. The zero-order chi connectivity index (χ0) is 18.1. The lowest BCUT2D eigenvalue weighted by Crippen LogP contribution is -2.48. The van der Waals surface area contributed by atoms with Crippen molar-refractivity contribution in [3.63, 3.8) is 0 Å². The van der Waals surface area contributed by atoms with Crippen LogP contribution in [0.2, 0.25) is 0 Å². The Balaban J connectivity index is 1.45. The third kappa shape index (κ3) is 3.05. The highest BCUT2D eigenvalue weighted by Crippen LogP contribution is 2.39. The zero-order valence-electron chi connectivity index (χ0n) is 15.4. The van der Waals surface area contributed by atoms with E-state index in [4.69, 9.17) is 0 Å². The number of rotatable bonds is 4. The normalized spacial score (nSPS) is 21.7. The van der Waals surface area contributed by atoms with E-state index < -0.39 is 0 Å². The van der Waals surface area contributed by atoms with Crippen LogP contribution in [0.1, 0.15) is 51.9 Å². The maximum atomic E-state index is 13.0. The van der Waals surface area contributed by atoms with Crippen LogP contribution in [0.3, 0.4) is 0 Å². The van der Waals surface area contributed by atoms with Crippen molar-refractivity contribution in [3.8, 4) is 0 Å². The van der Waals surface area contributed by atoms with E-state index in [1.165, 1.54) is 5.57 Å². The van der Waals surface area contributed by atoms with Gasteiger partial charge in [0.25, 0.3) is 5.91 Å². The molecule has 5 nitrogen and oxygen atoms in total. The highest BCUT2D eigenvalue weighted by molar-refractivity contribution is 6.05. The van der Waals surface area contributed by atoms with Crippen molar-refractivity contribution in [2.75, 3.05) is 23.7 Å². The fourth-order valence-corrected chi connectivity index (χ4v) is 4.81. The van der Waals surface area contributed by atoms with Gasteiger partial charge in [0.15, 0.2) is 0 Å². The van der Waals surface area contributed by atoms with Crippen molar-refractivity contribution < 1.29 is 9.59 Å². The molecule has 1 aliphatic carbocycles. The fourth-order valence-electron chi connectivity index (χ4n) is 4.81. The summed E-state index contributed by atoms with van der Waals surface area (Å²) < 4.78 is 0. The van der Waals surface area contributed by atoms with Crippen molar-refractivity contribution >= 4 is 23.2 Å². The van der Waals surface area contributed by atoms with Crippen LogP contribution in [0.25, 0.3) is 0 Å². The summed E-state index contributed by atoms with van der Waals surface area (Å²) in [6.45, 7) is 4.09. The number of fused-ring (bicyclic) bond motifs is 1. The van der Waals surface area contributed by atoms with Crippen LogP contribution in [0.4, 0.5) is 11.4 Å². The van der Waals surface area contributed by atoms with Crippen LogP contribution in [0.5, 0.6) is 0 Å². The molecule has 0 bridgehead atoms. The molecule has 2 amide bonds. The standard InChI is InChI=1S/C21H27N3O2/c1-15-6-2-9-18(15)19(25)22-16-7-3-8-17(14-16)23-20(26)21-10-4-12-24(21)13-5-11-21/h3,7-8,14H,2,4-6,9-13H2,1H3,(H,22,25)(H,23,26). The first kappa shape index (κ1) is 17.3. The fraction of sp³-hybridized carbons (Fsp3) is 0.524. The molecular weight excluding hydrogens is 326 g/mol. The molecule has 0 atom stereocenters. The molecule has 2 aliphatic heterocycles. The SMILES string of the molecule is CC1=C(C(=O)Nc2cccc(NC(=O)C34CCCN3CCC4)c2)CCC1. The smallest absolute Gasteiger partial charge is 0.251 e. The summed E-state index contributed by atoms with van der Waals surface area (Å²) in [7, 11) is 0. The molecule has 2 N–H and O–H groups in total. The van der Waals surface area contributed by atoms with Gasteiger partial charge >= 0.3 is 0 Å². The number of carbonyl (C=O) groups excluding carboxylic acids is 2. The Morgan fingerprint density at radius 3 is 2.35 bits per heavy atom. The molecule has 2 heterocycles. The molecule has 5 heteroatoms. The largest absolute Gasteiger partial charge is 0.324 e. The summed E-state index contributed by atoms with van der Waals surface area (Å²) in [5.41, 5.74) is 3.26. The second kappa shape index (κ2) is 6.88. The van der Waals surface area contributed by atoms with E-state index in [0.29, 0.717) is 0 Å². The summed E-state index contributed by atoms with van der Waals surface area (Å²) in [4.78, 5) is 27.7. The van der Waals surface area contributed by atoms with Gasteiger partial charge in [-0.25, -0.2) is 0 Å². The Hall–Kier alpha value is -2.14. The van der Waals surface area contributed by atoms with Crippen LogP contribution < -0.4 is 10.6 Å². The molecule has 4 rings (SSSR count). The quantitative estimate of drug-likeness (QED) is 0.868. The van der Waals surface area contributed by atoms with Crippen LogP contribution in [0.15, 0.2) is 35.4 Å². The van der Waals surface area contributed by atoms with E-state index in [-0.39, 0.29) is 17.4 Å². The molecule has 2 saturated heterocycles. The van der Waals surface area contributed by atoms with E-state index in [0.717, 1.165) is 75.0 Å². The second-order valence-corrected chi connectivity index (χ2v) is 7.83. The number of nitrogens with zero attached hydrogens (tertiary/aromatic N) is 1. The number of carbonyl (C=O) groups is 2. The number of nitrogens with one attached hydrogen (secondary N) is 2. The van der Waals surface area contributed by atoms with Gasteiger partial charge in [0.05, 0.1) is 0 Å². The van der Waals surface area contributed by atoms with Crippen molar-refractivity contribution in [3.05, 3.63) is 35.4 Å². The third-order valence-corrected chi connectivity index (χ3v) is 6.21. The Bertz CT molecular complexity index is 758. The number of benzene rings is 1. The average Bonchev–Trinajstić information content (AvgIpc) is 3.30. The molecule has 26 heavy (non-hydrogen) atoms. The van der Waals surface area contributed by atoms with E-state index in [9.17, 15) is 9.59 Å². The van der Waals surface area contributed by atoms with Crippen molar-refractivity contribution in [1.82, 2.24) is 4.90 Å². The van der Waals surface area contributed by atoms with Crippen molar-refractivity contribution in [2.24, 2.45) is 0 Å². The summed E-state index contributed by atoms with van der Waals surface area (Å²) in [6, 6.07) is 7.48. The van der Waals surface area contributed by atoms with Crippen molar-refractivity contribution in [2.45, 2.75) is 57.4 Å². The minimum absolute atomic E-state index is 0.0140. The van der Waals surface area contributed by atoms with Crippen LogP contribution in [-0.4, -0.2) is 35.3 Å². The molecule has 0 radical (unpaired) electrons. The molecule has 1 aromatic carbocycles. The molecule has 138 valence electrons. The number of hydrogen-bond acceptors (Lipinski definition) is 3. The topological polar surface area (TPSA) is 61.4 Å². The van der Waals surface area contributed by atoms with Gasteiger partial charge in [-0.05, 0) is 83.2 Å². The van der Waals surface area contributed by atoms with Gasteiger partial charge in [0.1, 0.15) is 5.54 Å². The van der Waals surface area contributed by atoms with E-state index in [1.54, 1.807) is 0 Å². The molecule has 0 aromatic heterocycles. The molecule has 2 fully saturated rings. The second-order valence-electron chi connectivity index (χ2n) is 7.83. The molecule has 0 saturated carbocycles. The Kier molecular flexibility index (Phi) is 4.57. The lowest BCUT2D eigenvalue weighted by Gasteiger charge is -2.30. The number of hydrogen-bond donors (Lipinski definition) is 2. The summed E-state index contributed by atoms with van der Waals surface area (Å²) >= 11 is 0. The Morgan fingerprint density at radius 1 is 1.00 bits per heavy atom. The van der Waals surface area contributed by atoms with Gasteiger partial charge in [-0.15, -0.1) is 0 Å². The van der Waals surface area contributed by atoms with Gasteiger partial charge in [0, 0.05) is 16.9 Å². The third-order valence-electron chi connectivity index (χ3n) is 6.21. The first-order valence-electron chi connectivity index (χ1n) is 9.75. The van der Waals surface area contributed by atoms with Gasteiger partial charge in [0.2, 0.25) is 5.91 Å². The first-order chi connectivity index (χ1) is 12.6. The zero-order valence-corrected chi connectivity index (χ0v) is 15.4. The number of anilines is 2. The van der Waals surface area contributed by atoms with Gasteiger partial charge < -0.3 is 10.6 Å². The van der Waals surface area contributed by atoms with Gasteiger partial charge in [-0.1, -0.05) is 11.6 Å². The molecule has 1 aromatic rings. The summed E-state index contributed by atoms with van der Waals surface area (Å²) in [6.07, 6.45) is 7.01. The number of allylic oxidation sites excluding steroid dienone is 1. The average molecular weight is 353 g/mol. The number of amides is 2. The van der Waals surface area contributed by atoms with E-state index in [2.05, 4.69) is 15.5 Å². The first-order valence-corrected chi connectivity index (χ1v) is 9.75. The van der Waals surface area contributed by atoms with E-state index in [1.807, 2.05) is 31.2 Å². The minimum atomic E-state index is -0.314. The molecule has 0 unspecified atom stereocenters. The predicted molar refractivity (Wildman–Crippen MR) is 103 cm³/mol. The van der Waals surface area contributed by atoms with Crippen molar-refractivity contribution in [1.29, 1.82) is 0 Å². The predicted octanol–water partition coefficient (Wildman–Crippen LogP) is 3.69. The highest BCUT2D eigenvalue weighted by Gasteiger charge is 2.49. The van der Waals surface area contributed by atoms with E-state index >= 15 is 0 Å². The maximum absolute atomic E-state index is 13.0. The molecular formula is C21H27N3O2. The van der Waals surface area contributed by atoms with Gasteiger partial charge in [-0.3, -0.25) is 14.5 Å². The molecule has 0 spiro atoms. The maximum Gasteiger partial charge on any atom is 0.251 e. The van der Waals surface area contributed by atoms with Gasteiger partial charge in [-0.2, -0.15) is 0 Å².